The normalized spacial score (nSPS) is 13.7. The molecule has 0 aliphatic carbocycles. The van der Waals surface area contributed by atoms with Gasteiger partial charge in [-0.15, -0.1) is 0 Å². The number of anilines is 2. The van der Waals surface area contributed by atoms with Gasteiger partial charge in [0.05, 0.1) is 25.0 Å². The third-order valence-corrected chi connectivity index (χ3v) is 3.41. The van der Waals surface area contributed by atoms with Crippen molar-refractivity contribution in [2.24, 2.45) is 0 Å². The molecule has 4 nitrogen and oxygen atoms in total. The van der Waals surface area contributed by atoms with E-state index < -0.39 is 0 Å². The van der Waals surface area contributed by atoms with E-state index >= 15 is 0 Å². The number of fused-ring (bicyclic) bond motifs is 1. The lowest BCUT2D eigenvalue weighted by atomic mass is 10.1. The van der Waals surface area contributed by atoms with E-state index in [1.54, 1.807) is 7.11 Å². The zero-order valence-corrected chi connectivity index (χ0v) is 11.3. The fraction of sp³-hybridized carbons (Fsp3) is 0.188. The summed E-state index contributed by atoms with van der Waals surface area (Å²) in [5.41, 5.74) is 2.97. The van der Waals surface area contributed by atoms with E-state index in [0.717, 1.165) is 22.7 Å². The van der Waals surface area contributed by atoms with Crippen LogP contribution in [-0.4, -0.2) is 19.6 Å². The second kappa shape index (κ2) is 5.25. The molecule has 102 valence electrons. The highest BCUT2D eigenvalue weighted by molar-refractivity contribution is 6.01. The Hall–Kier alpha value is -2.49. The maximum atomic E-state index is 11.8. The van der Waals surface area contributed by atoms with Crippen LogP contribution in [0.2, 0.25) is 0 Å². The molecule has 0 unspecified atom stereocenters. The lowest BCUT2D eigenvalue weighted by Gasteiger charge is -2.31. The highest BCUT2D eigenvalue weighted by Gasteiger charge is 2.22. The van der Waals surface area contributed by atoms with Crippen LogP contribution in [0.4, 0.5) is 11.4 Å². The van der Waals surface area contributed by atoms with Crippen molar-refractivity contribution in [3.63, 3.8) is 0 Å². The Balaban J connectivity index is 1.93. The summed E-state index contributed by atoms with van der Waals surface area (Å²) in [7, 11) is 1.66. The Morgan fingerprint density at radius 3 is 2.75 bits per heavy atom. The second-order valence-corrected chi connectivity index (χ2v) is 4.73. The van der Waals surface area contributed by atoms with E-state index in [1.165, 1.54) is 0 Å². The summed E-state index contributed by atoms with van der Waals surface area (Å²) in [6.45, 7) is 1.00. The third-order valence-electron chi connectivity index (χ3n) is 3.41. The van der Waals surface area contributed by atoms with E-state index in [4.69, 9.17) is 4.74 Å². The van der Waals surface area contributed by atoms with Gasteiger partial charge in [-0.3, -0.25) is 4.79 Å². The molecular formula is C16H16N2O2. The quantitative estimate of drug-likeness (QED) is 0.930. The molecule has 4 heteroatoms. The molecule has 0 radical (unpaired) electrons. The molecule has 0 spiro atoms. The molecule has 0 saturated carbocycles. The SMILES string of the molecule is COc1ccccc1CN1CC(=O)Nc2ccccc21. The summed E-state index contributed by atoms with van der Waals surface area (Å²) in [5, 5.41) is 2.89. The van der Waals surface area contributed by atoms with Crippen LogP contribution < -0.4 is 15.0 Å². The molecule has 2 aromatic carbocycles. The first-order valence-electron chi connectivity index (χ1n) is 6.53. The van der Waals surface area contributed by atoms with Crippen molar-refractivity contribution < 1.29 is 9.53 Å². The Kier molecular flexibility index (Phi) is 3.29. The zero-order valence-electron chi connectivity index (χ0n) is 11.3. The van der Waals surface area contributed by atoms with Crippen LogP contribution in [0.25, 0.3) is 0 Å². The van der Waals surface area contributed by atoms with Crippen LogP contribution in [-0.2, 0) is 11.3 Å². The minimum Gasteiger partial charge on any atom is -0.496 e. The number of benzene rings is 2. The van der Waals surface area contributed by atoms with Crippen molar-refractivity contribution in [2.45, 2.75) is 6.54 Å². The lowest BCUT2D eigenvalue weighted by molar-refractivity contribution is -0.115. The molecule has 1 aliphatic rings. The van der Waals surface area contributed by atoms with Crippen LogP contribution in [0.15, 0.2) is 48.5 Å². The largest absolute Gasteiger partial charge is 0.496 e. The van der Waals surface area contributed by atoms with Gasteiger partial charge in [0, 0.05) is 12.1 Å². The van der Waals surface area contributed by atoms with Crippen molar-refractivity contribution in [3.8, 4) is 5.75 Å². The molecule has 0 aromatic heterocycles. The molecule has 3 rings (SSSR count). The monoisotopic (exact) mass is 268 g/mol. The van der Waals surface area contributed by atoms with Crippen LogP contribution in [0, 0.1) is 0 Å². The summed E-state index contributed by atoms with van der Waals surface area (Å²) in [4.78, 5) is 13.9. The van der Waals surface area contributed by atoms with Crippen molar-refractivity contribution >= 4 is 17.3 Å². The average Bonchev–Trinajstić information content (AvgIpc) is 2.47. The number of nitrogens with zero attached hydrogens (tertiary/aromatic N) is 1. The number of nitrogens with one attached hydrogen (secondary N) is 1. The number of amides is 1. The summed E-state index contributed by atoms with van der Waals surface area (Å²) in [5.74, 6) is 0.856. The van der Waals surface area contributed by atoms with E-state index in [9.17, 15) is 4.79 Å². The molecule has 0 bridgehead atoms. The van der Waals surface area contributed by atoms with Gasteiger partial charge in [-0.25, -0.2) is 0 Å². The fourth-order valence-corrected chi connectivity index (χ4v) is 2.48. The van der Waals surface area contributed by atoms with Gasteiger partial charge in [-0.1, -0.05) is 30.3 Å². The van der Waals surface area contributed by atoms with E-state index in [2.05, 4.69) is 10.2 Å². The van der Waals surface area contributed by atoms with Crippen molar-refractivity contribution in [3.05, 3.63) is 54.1 Å². The van der Waals surface area contributed by atoms with Gasteiger partial charge >= 0.3 is 0 Å². The predicted octanol–water partition coefficient (Wildman–Crippen LogP) is 2.65. The molecule has 1 heterocycles. The van der Waals surface area contributed by atoms with Crippen LogP contribution >= 0.6 is 0 Å². The molecule has 1 amide bonds. The number of methoxy groups -OCH3 is 1. The fourth-order valence-electron chi connectivity index (χ4n) is 2.48. The first-order valence-corrected chi connectivity index (χ1v) is 6.53. The average molecular weight is 268 g/mol. The Bertz CT molecular complexity index is 640. The third kappa shape index (κ3) is 2.32. The lowest BCUT2D eigenvalue weighted by Crippen LogP contribution is -2.37. The number of rotatable bonds is 3. The van der Waals surface area contributed by atoms with Crippen molar-refractivity contribution in [2.75, 3.05) is 23.9 Å². The van der Waals surface area contributed by atoms with Gasteiger partial charge < -0.3 is 15.0 Å². The first kappa shape index (κ1) is 12.5. The second-order valence-electron chi connectivity index (χ2n) is 4.73. The summed E-state index contributed by atoms with van der Waals surface area (Å²) >= 11 is 0. The maximum absolute atomic E-state index is 11.8. The molecular weight excluding hydrogens is 252 g/mol. The van der Waals surface area contributed by atoms with Gasteiger partial charge in [0.25, 0.3) is 0 Å². The van der Waals surface area contributed by atoms with Crippen molar-refractivity contribution in [1.82, 2.24) is 0 Å². The Morgan fingerprint density at radius 1 is 1.15 bits per heavy atom. The molecule has 20 heavy (non-hydrogen) atoms. The molecule has 1 N–H and O–H groups in total. The number of hydrogen-bond donors (Lipinski definition) is 1. The Morgan fingerprint density at radius 2 is 1.90 bits per heavy atom. The van der Waals surface area contributed by atoms with Crippen molar-refractivity contribution in [1.29, 1.82) is 0 Å². The van der Waals surface area contributed by atoms with Gasteiger partial charge in [0.15, 0.2) is 0 Å². The standard InChI is InChI=1S/C16H16N2O2/c1-20-15-9-5-2-6-12(15)10-18-11-16(19)17-13-7-3-4-8-14(13)18/h2-9H,10-11H2,1H3,(H,17,19). The van der Waals surface area contributed by atoms with Gasteiger partial charge in [-0.2, -0.15) is 0 Å². The first-order chi connectivity index (χ1) is 9.78. The van der Waals surface area contributed by atoms with Gasteiger partial charge in [0.2, 0.25) is 5.91 Å². The summed E-state index contributed by atoms with van der Waals surface area (Å²) in [6, 6.07) is 15.7. The Labute approximate surface area is 118 Å². The number of para-hydroxylation sites is 3. The summed E-state index contributed by atoms with van der Waals surface area (Å²) in [6.07, 6.45) is 0. The zero-order chi connectivity index (χ0) is 13.9. The van der Waals surface area contributed by atoms with Gasteiger partial charge in [-0.05, 0) is 18.2 Å². The van der Waals surface area contributed by atoms with Crippen LogP contribution in [0.3, 0.4) is 0 Å². The molecule has 0 atom stereocenters. The molecule has 0 saturated heterocycles. The smallest absolute Gasteiger partial charge is 0.243 e. The highest BCUT2D eigenvalue weighted by atomic mass is 16.5. The van der Waals surface area contributed by atoms with Gasteiger partial charge in [0.1, 0.15) is 5.75 Å². The highest BCUT2D eigenvalue weighted by Crippen LogP contribution is 2.31. The molecule has 0 fully saturated rings. The molecule has 1 aliphatic heterocycles. The molecule has 2 aromatic rings. The van der Waals surface area contributed by atoms with Crippen LogP contribution in [0.1, 0.15) is 5.56 Å². The number of hydrogen-bond acceptors (Lipinski definition) is 3. The predicted molar refractivity (Wildman–Crippen MR) is 79.1 cm³/mol. The minimum atomic E-state index is 0.0126. The maximum Gasteiger partial charge on any atom is 0.243 e. The van der Waals surface area contributed by atoms with E-state index in [0.29, 0.717) is 13.1 Å². The number of carbonyl (C=O) groups is 1. The number of carbonyl (C=O) groups excluding carboxylic acids is 1. The van der Waals surface area contributed by atoms with Crippen LogP contribution in [0.5, 0.6) is 5.75 Å². The van der Waals surface area contributed by atoms with E-state index in [1.807, 2.05) is 48.5 Å². The summed E-state index contributed by atoms with van der Waals surface area (Å²) < 4.78 is 5.37. The minimum absolute atomic E-state index is 0.0126. The number of ether oxygens (including phenoxy) is 1. The van der Waals surface area contributed by atoms with E-state index in [-0.39, 0.29) is 5.91 Å². The topological polar surface area (TPSA) is 41.6 Å².